The molecule has 0 spiro atoms. The van der Waals surface area contributed by atoms with Crippen LogP contribution in [0.3, 0.4) is 0 Å². The number of rotatable bonds is 5. The van der Waals surface area contributed by atoms with Gasteiger partial charge in [0.15, 0.2) is 22.2 Å². The highest BCUT2D eigenvalue weighted by Crippen LogP contribution is 2.37. The summed E-state index contributed by atoms with van der Waals surface area (Å²) < 4.78 is 54.5. The Labute approximate surface area is 159 Å². The molecule has 0 amide bonds. The number of methoxy groups -OCH3 is 3. The first-order valence-electron chi connectivity index (χ1n) is 7.79. The maximum atomic E-state index is 12.8. The molecule has 9 nitrogen and oxygen atoms in total. The molecular weight excluding hydrogens is 392 g/mol. The van der Waals surface area contributed by atoms with E-state index in [2.05, 4.69) is 0 Å². The van der Waals surface area contributed by atoms with Crippen LogP contribution < -0.4 is 19.6 Å². The number of fused-ring (bicyclic) bond motifs is 1. The summed E-state index contributed by atoms with van der Waals surface area (Å²) in [7, 11) is -0.842. The van der Waals surface area contributed by atoms with Crippen LogP contribution in [0.1, 0.15) is 0 Å². The van der Waals surface area contributed by atoms with E-state index in [4.69, 9.17) is 18.6 Å². The minimum absolute atomic E-state index is 0.126. The highest BCUT2D eigenvalue weighted by atomic mass is 32.2. The quantitative estimate of drug-likeness (QED) is 0.611. The Balaban J connectivity index is 2.46. The van der Waals surface area contributed by atoms with E-state index in [1.807, 2.05) is 0 Å². The summed E-state index contributed by atoms with van der Waals surface area (Å²) in [4.78, 5) is 11.8. The lowest BCUT2D eigenvalue weighted by atomic mass is 10.1. The van der Waals surface area contributed by atoms with Crippen molar-refractivity contribution >= 4 is 21.1 Å². The predicted octanol–water partition coefficient (Wildman–Crippen LogP) is 2.44. The monoisotopic (exact) mass is 408 g/mol. The lowest BCUT2D eigenvalue weighted by Crippen LogP contribution is -2.16. The average molecular weight is 408 g/mol. The normalized spacial score (nSPS) is 11.4. The van der Waals surface area contributed by atoms with Crippen LogP contribution in [0.15, 0.2) is 44.4 Å². The van der Waals surface area contributed by atoms with E-state index in [1.165, 1.54) is 45.6 Å². The fraction of sp³-hybridized carbons (Fsp3) is 0.167. The lowest BCUT2D eigenvalue weighted by Gasteiger charge is -2.12. The van der Waals surface area contributed by atoms with Crippen molar-refractivity contribution < 1.29 is 36.7 Å². The fourth-order valence-corrected chi connectivity index (χ4v) is 3.51. The van der Waals surface area contributed by atoms with Crippen LogP contribution in [0.4, 0.5) is 0 Å². The van der Waals surface area contributed by atoms with Crippen LogP contribution in [0.2, 0.25) is 0 Å². The van der Waals surface area contributed by atoms with Crippen molar-refractivity contribution in [1.29, 1.82) is 0 Å². The molecule has 10 heteroatoms. The maximum absolute atomic E-state index is 12.8. The Kier molecular flexibility index (Phi) is 4.92. The minimum Gasteiger partial charge on any atom is -0.507 e. The standard InChI is InChI=1S/C18H16O9S/c1-24-10-7-11(19)15-14(8-10)27-17(18(16(15)20)28(21,22)23)9-4-5-12(25-2)13(6-9)26-3/h4-8,19H,1-3H3,(H,21,22,23). The fourth-order valence-electron chi connectivity index (χ4n) is 2.78. The summed E-state index contributed by atoms with van der Waals surface area (Å²) in [5, 5.41) is 9.71. The molecule has 3 rings (SSSR count). The van der Waals surface area contributed by atoms with Crippen LogP contribution >= 0.6 is 0 Å². The Hall–Kier alpha value is -3.24. The first-order valence-corrected chi connectivity index (χ1v) is 9.23. The molecule has 0 unspecified atom stereocenters. The molecule has 0 bridgehead atoms. The van der Waals surface area contributed by atoms with E-state index in [0.717, 1.165) is 6.07 Å². The van der Waals surface area contributed by atoms with Crippen molar-refractivity contribution in [1.82, 2.24) is 0 Å². The zero-order chi connectivity index (χ0) is 20.6. The number of hydrogen-bond donors (Lipinski definition) is 2. The number of phenolic OH excluding ortho intramolecular Hbond substituents is 1. The van der Waals surface area contributed by atoms with Crippen LogP contribution in [0.5, 0.6) is 23.0 Å². The largest absolute Gasteiger partial charge is 0.507 e. The van der Waals surface area contributed by atoms with Gasteiger partial charge in [-0.2, -0.15) is 8.42 Å². The van der Waals surface area contributed by atoms with Gasteiger partial charge < -0.3 is 23.7 Å². The van der Waals surface area contributed by atoms with Crippen molar-refractivity contribution in [2.75, 3.05) is 21.3 Å². The summed E-state index contributed by atoms with van der Waals surface area (Å²) in [6, 6.07) is 6.74. The Morgan fingerprint density at radius 2 is 1.64 bits per heavy atom. The van der Waals surface area contributed by atoms with E-state index in [9.17, 15) is 22.9 Å². The highest BCUT2D eigenvalue weighted by Gasteiger charge is 2.28. The lowest BCUT2D eigenvalue weighted by molar-refractivity contribution is 0.355. The summed E-state index contributed by atoms with van der Waals surface area (Å²) in [6.45, 7) is 0. The van der Waals surface area contributed by atoms with E-state index < -0.39 is 37.3 Å². The third-order valence-electron chi connectivity index (χ3n) is 4.05. The van der Waals surface area contributed by atoms with Gasteiger partial charge in [-0.25, -0.2) is 0 Å². The maximum Gasteiger partial charge on any atom is 0.302 e. The summed E-state index contributed by atoms with van der Waals surface area (Å²) >= 11 is 0. The molecule has 0 aliphatic heterocycles. The SMILES string of the molecule is COc1cc(O)c2c(=O)c(S(=O)(=O)O)c(-c3ccc(OC)c(OC)c3)oc2c1. The first-order chi connectivity index (χ1) is 13.2. The molecule has 0 atom stereocenters. The zero-order valence-electron chi connectivity index (χ0n) is 15.0. The Bertz CT molecular complexity index is 1230. The van der Waals surface area contributed by atoms with Gasteiger partial charge in [-0.05, 0) is 18.2 Å². The van der Waals surface area contributed by atoms with Gasteiger partial charge in [0.05, 0.1) is 21.3 Å². The van der Waals surface area contributed by atoms with Crippen molar-refractivity contribution in [3.63, 3.8) is 0 Å². The summed E-state index contributed by atoms with van der Waals surface area (Å²) in [5.74, 6) is -0.175. The molecular formula is C18H16O9S. The van der Waals surface area contributed by atoms with Crippen LogP contribution in [0.25, 0.3) is 22.3 Å². The van der Waals surface area contributed by atoms with Gasteiger partial charge in [-0.1, -0.05) is 0 Å². The molecule has 0 radical (unpaired) electrons. The summed E-state index contributed by atoms with van der Waals surface area (Å²) in [6.07, 6.45) is 0. The number of benzene rings is 2. The number of ether oxygens (including phenoxy) is 3. The molecule has 0 saturated carbocycles. The molecule has 0 fully saturated rings. The van der Waals surface area contributed by atoms with Gasteiger partial charge >= 0.3 is 10.1 Å². The molecule has 1 heterocycles. The molecule has 0 aliphatic rings. The summed E-state index contributed by atoms with van der Waals surface area (Å²) in [5.41, 5.74) is -1.11. The molecule has 0 aliphatic carbocycles. The first kappa shape index (κ1) is 19.5. The van der Waals surface area contributed by atoms with Crippen LogP contribution in [-0.2, 0) is 10.1 Å². The van der Waals surface area contributed by atoms with E-state index in [0.29, 0.717) is 5.75 Å². The van der Waals surface area contributed by atoms with Gasteiger partial charge in [-0.3, -0.25) is 9.35 Å². The third-order valence-corrected chi connectivity index (χ3v) is 4.93. The van der Waals surface area contributed by atoms with Crippen molar-refractivity contribution in [3.05, 3.63) is 40.6 Å². The zero-order valence-corrected chi connectivity index (χ0v) is 15.9. The second kappa shape index (κ2) is 7.06. The Morgan fingerprint density at radius 1 is 0.964 bits per heavy atom. The second-order valence-electron chi connectivity index (χ2n) is 5.65. The average Bonchev–Trinajstić information content (AvgIpc) is 2.65. The second-order valence-corrected chi connectivity index (χ2v) is 7.01. The number of hydrogen-bond acceptors (Lipinski definition) is 8. The smallest absolute Gasteiger partial charge is 0.302 e. The predicted molar refractivity (Wildman–Crippen MR) is 99.1 cm³/mol. The molecule has 2 aromatic carbocycles. The Morgan fingerprint density at radius 3 is 2.21 bits per heavy atom. The van der Waals surface area contributed by atoms with E-state index in [-0.39, 0.29) is 22.6 Å². The molecule has 1 aromatic heterocycles. The van der Waals surface area contributed by atoms with Crippen molar-refractivity contribution in [2.24, 2.45) is 0 Å². The highest BCUT2D eigenvalue weighted by molar-refractivity contribution is 7.86. The van der Waals surface area contributed by atoms with Gasteiger partial charge in [0, 0.05) is 17.7 Å². The molecule has 148 valence electrons. The van der Waals surface area contributed by atoms with E-state index >= 15 is 0 Å². The topological polar surface area (TPSA) is 132 Å². The van der Waals surface area contributed by atoms with Gasteiger partial charge in [0.2, 0.25) is 5.43 Å². The van der Waals surface area contributed by atoms with Gasteiger partial charge in [0.25, 0.3) is 0 Å². The molecule has 3 aromatic rings. The van der Waals surface area contributed by atoms with Gasteiger partial charge in [0.1, 0.15) is 22.5 Å². The molecule has 0 saturated heterocycles. The third kappa shape index (κ3) is 3.23. The molecule has 2 N–H and O–H groups in total. The molecule has 28 heavy (non-hydrogen) atoms. The number of aromatic hydroxyl groups is 1. The number of phenols is 1. The van der Waals surface area contributed by atoms with Gasteiger partial charge in [-0.15, -0.1) is 0 Å². The van der Waals surface area contributed by atoms with Crippen molar-refractivity contribution in [2.45, 2.75) is 4.90 Å². The van der Waals surface area contributed by atoms with Crippen LogP contribution in [-0.4, -0.2) is 39.4 Å². The van der Waals surface area contributed by atoms with Crippen LogP contribution in [0, 0.1) is 0 Å². The van der Waals surface area contributed by atoms with E-state index in [1.54, 1.807) is 0 Å². The minimum atomic E-state index is -4.99. The van der Waals surface area contributed by atoms with Crippen molar-refractivity contribution in [3.8, 4) is 34.3 Å².